The first-order chi connectivity index (χ1) is 14.1. The molecule has 0 bridgehead atoms. The maximum Gasteiger partial charge on any atom is 0.442 e. The lowest BCUT2D eigenvalue weighted by Crippen LogP contribution is -2.34. The van der Waals surface area contributed by atoms with Crippen LogP contribution in [0, 0.1) is 0 Å². The monoisotopic (exact) mass is 393 g/mol. The van der Waals surface area contributed by atoms with Gasteiger partial charge in [-0.3, -0.25) is 9.32 Å². The number of hydrogen-bond donors (Lipinski definition) is 1. The predicted molar refractivity (Wildman–Crippen MR) is 104 cm³/mol. The van der Waals surface area contributed by atoms with E-state index in [1.807, 2.05) is 18.2 Å². The maximum atomic E-state index is 12.6. The van der Waals surface area contributed by atoms with Crippen molar-refractivity contribution in [2.75, 3.05) is 5.32 Å². The summed E-state index contributed by atoms with van der Waals surface area (Å²) in [6, 6.07) is 14.4. The van der Waals surface area contributed by atoms with Gasteiger partial charge in [0.25, 0.3) is 5.79 Å². The molecule has 148 valence electrons. The van der Waals surface area contributed by atoms with Crippen molar-refractivity contribution in [3.63, 3.8) is 0 Å². The third-order valence-electron chi connectivity index (χ3n) is 5.20. The fraction of sp³-hybridized carbons (Fsp3) is 0.286. The van der Waals surface area contributed by atoms with Crippen molar-refractivity contribution in [1.29, 1.82) is 0 Å². The molecular weight excluding hydrogens is 374 g/mol. The summed E-state index contributed by atoms with van der Waals surface area (Å²) in [5, 5.41) is 6.58. The zero-order valence-corrected chi connectivity index (χ0v) is 15.6. The summed E-state index contributed by atoms with van der Waals surface area (Å²) in [6.07, 6.45) is 3.88. The molecule has 2 heterocycles. The molecule has 1 aromatic heterocycles. The van der Waals surface area contributed by atoms with E-state index in [9.17, 15) is 9.59 Å². The molecule has 1 fully saturated rings. The third-order valence-corrected chi connectivity index (χ3v) is 5.20. The van der Waals surface area contributed by atoms with Gasteiger partial charge in [-0.1, -0.05) is 35.5 Å². The first kappa shape index (κ1) is 17.5. The molecular formula is C21H19N3O5. The number of carbonyl (C=O) groups excluding carboxylic acids is 1. The number of rotatable bonds is 4. The lowest BCUT2D eigenvalue weighted by Gasteiger charge is -2.21. The minimum absolute atomic E-state index is 0.217. The molecule has 8 nitrogen and oxygen atoms in total. The smallest absolute Gasteiger partial charge is 0.442 e. The van der Waals surface area contributed by atoms with E-state index in [2.05, 4.69) is 10.5 Å². The topological polar surface area (TPSA) is 95.6 Å². The SMILES string of the molecule is O=C(Cn1c(-c2ccccc2)noc1=O)Nc1ccc2c(c1)OC1(CCCC1)O2. The van der Waals surface area contributed by atoms with Crippen LogP contribution in [0.25, 0.3) is 11.4 Å². The quantitative estimate of drug-likeness (QED) is 0.731. The standard InChI is InChI=1S/C21H19N3O5/c25-18(13-24-19(23-29-20(24)26)14-6-2-1-3-7-14)22-15-8-9-16-17(12-15)28-21(27-16)10-4-5-11-21/h1-3,6-9,12H,4-5,10-11,13H2,(H,22,25). The van der Waals surface area contributed by atoms with E-state index >= 15 is 0 Å². The highest BCUT2D eigenvalue weighted by Gasteiger charge is 2.44. The van der Waals surface area contributed by atoms with Crippen molar-refractivity contribution in [2.24, 2.45) is 0 Å². The Morgan fingerprint density at radius 1 is 1.07 bits per heavy atom. The molecule has 0 unspecified atom stereocenters. The van der Waals surface area contributed by atoms with Gasteiger partial charge < -0.3 is 14.8 Å². The van der Waals surface area contributed by atoms with Crippen LogP contribution in [0.5, 0.6) is 11.5 Å². The van der Waals surface area contributed by atoms with Gasteiger partial charge in [0.05, 0.1) is 0 Å². The molecule has 0 atom stereocenters. The van der Waals surface area contributed by atoms with Crippen LogP contribution in [0.2, 0.25) is 0 Å². The highest BCUT2D eigenvalue weighted by Crippen LogP contribution is 2.47. The van der Waals surface area contributed by atoms with Gasteiger partial charge in [0.15, 0.2) is 17.3 Å². The molecule has 0 saturated heterocycles. The second kappa shape index (κ2) is 6.80. The Morgan fingerprint density at radius 3 is 2.62 bits per heavy atom. The zero-order valence-electron chi connectivity index (χ0n) is 15.6. The Labute approximate surface area is 166 Å². The molecule has 8 heteroatoms. The van der Waals surface area contributed by atoms with Crippen LogP contribution in [0.1, 0.15) is 25.7 Å². The summed E-state index contributed by atoms with van der Waals surface area (Å²) in [5.74, 6) is 0.00319. The Balaban J connectivity index is 1.32. The number of amides is 1. The number of fused-ring (bicyclic) bond motifs is 1. The van der Waals surface area contributed by atoms with Crippen LogP contribution in [-0.2, 0) is 11.3 Å². The molecule has 1 N–H and O–H groups in total. The fourth-order valence-corrected chi connectivity index (χ4v) is 3.84. The van der Waals surface area contributed by atoms with Gasteiger partial charge >= 0.3 is 5.76 Å². The molecule has 1 aliphatic carbocycles. The lowest BCUT2D eigenvalue weighted by atomic mass is 10.2. The van der Waals surface area contributed by atoms with E-state index in [1.54, 1.807) is 30.3 Å². The number of aromatic nitrogens is 2. The Hall–Kier alpha value is -3.55. The molecule has 0 radical (unpaired) electrons. The van der Waals surface area contributed by atoms with E-state index in [4.69, 9.17) is 14.0 Å². The van der Waals surface area contributed by atoms with E-state index in [0.29, 0.717) is 28.6 Å². The van der Waals surface area contributed by atoms with Gasteiger partial charge in [-0.25, -0.2) is 9.36 Å². The Kier molecular flexibility index (Phi) is 4.12. The van der Waals surface area contributed by atoms with Gasteiger partial charge in [0, 0.05) is 30.2 Å². The van der Waals surface area contributed by atoms with Crippen LogP contribution in [0.15, 0.2) is 57.8 Å². The molecule has 29 heavy (non-hydrogen) atoms. The molecule has 2 aromatic carbocycles. The number of hydrogen-bond acceptors (Lipinski definition) is 6. The highest BCUT2D eigenvalue weighted by atomic mass is 16.7. The lowest BCUT2D eigenvalue weighted by molar-refractivity contribution is -0.116. The van der Waals surface area contributed by atoms with Crippen molar-refractivity contribution in [3.8, 4) is 22.9 Å². The van der Waals surface area contributed by atoms with Crippen LogP contribution in [-0.4, -0.2) is 21.4 Å². The first-order valence-corrected chi connectivity index (χ1v) is 9.56. The first-order valence-electron chi connectivity index (χ1n) is 9.56. The predicted octanol–water partition coefficient (Wildman–Crippen LogP) is 3.18. The van der Waals surface area contributed by atoms with Crippen molar-refractivity contribution in [3.05, 3.63) is 59.1 Å². The van der Waals surface area contributed by atoms with E-state index < -0.39 is 11.5 Å². The largest absolute Gasteiger partial charge is 0.448 e. The highest BCUT2D eigenvalue weighted by molar-refractivity contribution is 5.91. The summed E-state index contributed by atoms with van der Waals surface area (Å²) < 4.78 is 18.0. The number of anilines is 1. The summed E-state index contributed by atoms with van der Waals surface area (Å²) in [4.78, 5) is 24.6. The van der Waals surface area contributed by atoms with Crippen molar-refractivity contribution >= 4 is 11.6 Å². The Morgan fingerprint density at radius 2 is 1.83 bits per heavy atom. The third kappa shape index (κ3) is 3.26. The van der Waals surface area contributed by atoms with Crippen LogP contribution < -0.4 is 20.5 Å². The second-order valence-electron chi connectivity index (χ2n) is 7.26. The summed E-state index contributed by atoms with van der Waals surface area (Å²) in [5.41, 5.74) is 1.26. The molecule has 1 spiro atoms. The van der Waals surface area contributed by atoms with Crippen LogP contribution in [0.4, 0.5) is 5.69 Å². The molecule has 1 amide bonds. The average Bonchev–Trinajstić information content (AvgIpc) is 3.42. The molecule has 1 saturated carbocycles. The van der Waals surface area contributed by atoms with Crippen molar-refractivity contribution in [1.82, 2.24) is 9.72 Å². The average molecular weight is 393 g/mol. The summed E-state index contributed by atoms with van der Waals surface area (Å²) >= 11 is 0. The van der Waals surface area contributed by atoms with Crippen LogP contribution in [0.3, 0.4) is 0 Å². The number of carbonyl (C=O) groups is 1. The number of nitrogens with zero attached hydrogens (tertiary/aromatic N) is 2. The molecule has 5 rings (SSSR count). The van der Waals surface area contributed by atoms with Gasteiger partial charge in [-0.05, 0) is 25.0 Å². The number of benzene rings is 2. The molecule has 1 aliphatic heterocycles. The minimum Gasteiger partial charge on any atom is -0.448 e. The fourth-order valence-electron chi connectivity index (χ4n) is 3.84. The summed E-state index contributed by atoms with van der Waals surface area (Å²) in [7, 11) is 0. The number of nitrogens with one attached hydrogen (secondary N) is 1. The van der Waals surface area contributed by atoms with Crippen molar-refractivity contribution in [2.45, 2.75) is 38.0 Å². The molecule has 2 aliphatic rings. The Bertz CT molecular complexity index is 1110. The van der Waals surface area contributed by atoms with E-state index in [1.165, 1.54) is 4.57 Å². The summed E-state index contributed by atoms with van der Waals surface area (Å²) in [6.45, 7) is -0.217. The number of ether oxygens (including phenoxy) is 2. The van der Waals surface area contributed by atoms with E-state index in [-0.39, 0.29) is 12.5 Å². The minimum atomic E-state index is -0.687. The van der Waals surface area contributed by atoms with Crippen LogP contribution >= 0.6 is 0 Å². The van der Waals surface area contributed by atoms with Gasteiger partial charge in [-0.2, -0.15) is 0 Å². The van der Waals surface area contributed by atoms with Gasteiger partial charge in [-0.15, -0.1) is 0 Å². The van der Waals surface area contributed by atoms with E-state index in [0.717, 1.165) is 25.7 Å². The van der Waals surface area contributed by atoms with Gasteiger partial charge in [0.1, 0.15) is 6.54 Å². The van der Waals surface area contributed by atoms with Gasteiger partial charge in [0.2, 0.25) is 5.91 Å². The van der Waals surface area contributed by atoms with Crippen molar-refractivity contribution < 1.29 is 18.8 Å². The second-order valence-corrected chi connectivity index (χ2v) is 7.26. The normalized spacial score (nSPS) is 16.3. The zero-order chi connectivity index (χ0) is 19.8. The maximum absolute atomic E-state index is 12.6. The molecule has 3 aromatic rings.